The second kappa shape index (κ2) is 6.89. The van der Waals surface area contributed by atoms with E-state index in [1.54, 1.807) is 35.2 Å². The minimum Gasteiger partial charge on any atom is -0.271 e. The molecular weight excluding hydrogens is 267 g/mol. The van der Waals surface area contributed by atoms with Gasteiger partial charge in [-0.25, -0.2) is 4.39 Å². The Hall–Kier alpha value is -0.880. The van der Waals surface area contributed by atoms with Crippen molar-refractivity contribution in [2.45, 2.75) is 17.4 Å². The fourth-order valence-electron chi connectivity index (χ4n) is 1.59. The average Bonchev–Trinajstić information content (AvgIpc) is 2.87. The van der Waals surface area contributed by atoms with E-state index in [2.05, 4.69) is 16.9 Å². The van der Waals surface area contributed by atoms with E-state index in [9.17, 15) is 4.39 Å². The van der Waals surface area contributed by atoms with Gasteiger partial charge in [0.05, 0.1) is 0 Å². The van der Waals surface area contributed by atoms with Crippen LogP contribution in [0.5, 0.6) is 0 Å². The third-order valence-corrected chi connectivity index (χ3v) is 4.57. The first-order valence-electron chi connectivity index (χ1n) is 5.65. The van der Waals surface area contributed by atoms with Crippen molar-refractivity contribution in [3.8, 4) is 0 Å². The summed E-state index contributed by atoms with van der Waals surface area (Å²) >= 11 is 3.34. The molecule has 2 nitrogen and oxygen atoms in total. The van der Waals surface area contributed by atoms with E-state index in [1.807, 2.05) is 12.1 Å². The van der Waals surface area contributed by atoms with Crippen LogP contribution >= 0.6 is 23.1 Å². The molecule has 0 bridgehead atoms. The first-order valence-corrected chi connectivity index (χ1v) is 7.51. The monoisotopic (exact) mass is 282 g/mol. The number of thiophene rings is 1. The molecule has 0 aliphatic heterocycles. The van der Waals surface area contributed by atoms with E-state index in [0.717, 1.165) is 17.1 Å². The molecule has 0 saturated carbocycles. The Labute approximate surface area is 114 Å². The molecule has 0 amide bonds. The number of hydrogen-bond acceptors (Lipinski definition) is 4. The number of thioether (sulfide) groups is 1. The molecule has 0 radical (unpaired) electrons. The number of hydrogen-bond donors (Lipinski definition) is 2. The number of benzene rings is 1. The number of rotatable bonds is 6. The molecule has 1 heterocycles. The van der Waals surface area contributed by atoms with Crippen molar-refractivity contribution in [3.05, 3.63) is 52.5 Å². The molecule has 1 unspecified atom stereocenters. The zero-order valence-electron chi connectivity index (χ0n) is 9.80. The van der Waals surface area contributed by atoms with Gasteiger partial charge in [-0.3, -0.25) is 11.3 Å². The van der Waals surface area contributed by atoms with Crippen LogP contribution in [-0.4, -0.2) is 11.8 Å². The minimum absolute atomic E-state index is 0.192. The summed E-state index contributed by atoms with van der Waals surface area (Å²) in [5, 5.41) is 2.06. The highest BCUT2D eigenvalue weighted by Crippen LogP contribution is 2.21. The largest absolute Gasteiger partial charge is 0.271 e. The summed E-state index contributed by atoms with van der Waals surface area (Å²) in [7, 11) is 0. The first kappa shape index (κ1) is 13.5. The lowest BCUT2D eigenvalue weighted by Crippen LogP contribution is -2.38. The number of hydrazine groups is 1. The molecule has 1 aromatic carbocycles. The normalized spacial score (nSPS) is 12.6. The maximum Gasteiger partial charge on any atom is 0.124 e. The highest BCUT2D eigenvalue weighted by Gasteiger charge is 2.09. The fraction of sp³-hybridized carbons (Fsp3) is 0.231. The molecular formula is C13H15FN2S2. The molecule has 0 spiro atoms. The van der Waals surface area contributed by atoms with Crippen molar-refractivity contribution in [1.29, 1.82) is 0 Å². The van der Waals surface area contributed by atoms with Crippen molar-refractivity contribution in [1.82, 2.24) is 5.43 Å². The van der Waals surface area contributed by atoms with Crippen LogP contribution in [-0.2, 0) is 6.42 Å². The van der Waals surface area contributed by atoms with Crippen LogP contribution in [0.15, 0.2) is 46.7 Å². The Balaban J connectivity index is 1.87. The van der Waals surface area contributed by atoms with Crippen molar-refractivity contribution < 1.29 is 4.39 Å². The van der Waals surface area contributed by atoms with Crippen molar-refractivity contribution in [2.24, 2.45) is 5.84 Å². The molecule has 0 aliphatic rings. The Kier molecular flexibility index (Phi) is 5.19. The molecule has 3 N–H and O–H groups in total. The standard InChI is InChI=1S/C13H15FN2S2/c14-10-3-1-4-12(7-10)18-9-11(16-15)8-13-5-2-6-17-13/h1-7,11,16H,8-9,15H2. The maximum absolute atomic E-state index is 13.0. The van der Waals surface area contributed by atoms with Gasteiger partial charge in [0.25, 0.3) is 0 Å². The van der Waals surface area contributed by atoms with Crippen molar-refractivity contribution in [3.63, 3.8) is 0 Å². The van der Waals surface area contributed by atoms with Gasteiger partial charge in [-0.05, 0) is 36.1 Å². The SMILES string of the molecule is NNC(CSc1cccc(F)c1)Cc1cccs1. The van der Waals surface area contributed by atoms with Gasteiger partial charge in [0.1, 0.15) is 5.82 Å². The third-order valence-electron chi connectivity index (χ3n) is 2.51. The molecule has 5 heteroatoms. The Bertz CT molecular complexity index is 474. The van der Waals surface area contributed by atoms with E-state index < -0.39 is 0 Å². The van der Waals surface area contributed by atoms with E-state index in [4.69, 9.17) is 5.84 Å². The lowest BCUT2D eigenvalue weighted by atomic mass is 10.2. The van der Waals surface area contributed by atoms with Crippen LogP contribution < -0.4 is 11.3 Å². The summed E-state index contributed by atoms with van der Waals surface area (Å²) in [5.74, 6) is 6.17. The van der Waals surface area contributed by atoms with Crippen LogP contribution in [0.4, 0.5) is 4.39 Å². The lowest BCUT2D eigenvalue weighted by molar-refractivity contribution is 0.579. The molecule has 0 saturated heterocycles. The van der Waals surface area contributed by atoms with Crippen LogP contribution in [0.2, 0.25) is 0 Å². The highest BCUT2D eigenvalue weighted by molar-refractivity contribution is 7.99. The van der Waals surface area contributed by atoms with Crippen molar-refractivity contribution in [2.75, 3.05) is 5.75 Å². The summed E-state index contributed by atoms with van der Waals surface area (Å²) in [6.45, 7) is 0. The van der Waals surface area contributed by atoms with Gasteiger partial charge in [0.2, 0.25) is 0 Å². The highest BCUT2D eigenvalue weighted by atomic mass is 32.2. The summed E-state index contributed by atoms with van der Waals surface area (Å²) in [6.07, 6.45) is 0.899. The van der Waals surface area contributed by atoms with Gasteiger partial charge in [0, 0.05) is 21.6 Å². The first-order chi connectivity index (χ1) is 8.78. The zero-order valence-corrected chi connectivity index (χ0v) is 11.4. The zero-order chi connectivity index (χ0) is 12.8. The number of halogens is 1. The van der Waals surface area contributed by atoms with Crippen molar-refractivity contribution >= 4 is 23.1 Å². The van der Waals surface area contributed by atoms with Gasteiger partial charge in [0.15, 0.2) is 0 Å². The maximum atomic E-state index is 13.0. The summed E-state index contributed by atoms with van der Waals surface area (Å²) < 4.78 is 13.0. The number of nitrogens with two attached hydrogens (primary N) is 1. The molecule has 1 atom stereocenters. The predicted octanol–water partition coefficient (Wildman–Crippen LogP) is 3.05. The molecule has 2 aromatic rings. The third kappa shape index (κ3) is 4.10. The van der Waals surface area contributed by atoms with Gasteiger partial charge in [-0.15, -0.1) is 23.1 Å². The number of nitrogens with one attached hydrogen (secondary N) is 1. The van der Waals surface area contributed by atoms with Gasteiger partial charge in [-0.2, -0.15) is 0 Å². The van der Waals surface area contributed by atoms with E-state index in [1.165, 1.54) is 10.9 Å². The second-order valence-corrected chi connectivity index (χ2v) is 6.04. The molecule has 96 valence electrons. The second-order valence-electron chi connectivity index (χ2n) is 3.92. The van der Waals surface area contributed by atoms with Crippen LogP contribution in [0, 0.1) is 5.82 Å². The van der Waals surface area contributed by atoms with E-state index >= 15 is 0 Å². The van der Waals surface area contributed by atoms with Crippen LogP contribution in [0.3, 0.4) is 0 Å². The van der Waals surface area contributed by atoms with Gasteiger partial charge >= 0.3 is 0 Å². The molecule has 18 heavy (non-hydrogen) atoms. The Morgan fingerprint density at radius 1 is 1.33 bits per heavy atom. The summed E-state index contributed by atoms with van der Waals surface area (Å²) in [5.41, 5.74) is 2.82. The average molecular weight is 282 g/mol. The van der Waals surface area contributed by atoms with Crippen LogP contribution in [0.25, 0.3) is 0 Å². The fourth-order valence-corrected chi connectivity index (χ4v) is 3.36. The smallest absolute Gasteiger partial charge is 0.124 e. The van der Waals surface area contributed by atoms with Crippen LogP contribution in [0.1, 0.15) is 4.88 Å². The predicted molar refractivity (Wildman–Crippen MR) is 76.3 cm³/mol. The Morgan fingerprint density at radius 3 is 2.89 bits per heavy atom. The Morgan fingerprint density at radius 2 is 2.22 bits per heavy atom. The molecule has 0 fully saturated rings. The summed E-state index contributed by atoms with van der Waals surface area (Å²) in [4.78, 5) is 2.24. The van der Waals surface area contributed by atoms with Gasteiger partial charge < -0.3 is 0 Å². The van der Waals surface area contributed by atoms with Gasteiger partial charge in [-0.1, -0.05) is 12.1 Å². The minimum atomic E-state index is -0.199. The van der Waals surface area contributed by atoms with E-state index in [0.29, 0.717) is 0 Å². The quantitative estimate of drug-likeness (QED) is 0.486. The van der Waals surface area contributed by atoms with E-state index in [-0.39, 0.29) is 11.9 Å². The molecule has 0 aliphatic carbocycles. The lowest BCUT2D eigenvalue weighted by Gasteiger charge is -2.14. The molecule has 1 aromatic heterocycles. The molecule has 2 rings (SSSR count). The topological polar surface area (TPSA) is 38.0 Å². The summed E-state index contributed by atoms with van der Waals surface area (Å²) in [6, 6.07) is 11.0.